The maximum absolute atomic E-state index is 14.6. The lowest BCUT2D eigenvalue weighted by atomic mass is 9.73. The third-order valence-corrected chi connectivity index (χ3v) is 13.5. The number of aliphatic hydroxyl groups excluding tert-OH is 1. The molecule has 2 N–H and O–H groups in total. The van der Waals surface area contributed by atoms with E-state index in [2.05, 4.69) is 23.2 Å². The summed E-state index contributed by atoms with van der Waals surface area (Å²) in [5, 5.41) is 24.6. The van der Waals surface area contributed by atoms with Crippen molar-refractivity contribution in [1.29, 1.82) is 0 Å². The van der Waals surface area contributed by atoms with Gasteiger partial charge >= 0.3 is 11.9 Å². The molecule has 2 aromatic rings. The first-order valence-electron chi connectivity index (χ1n) is 23.1. The average molecular weight is 891 g/mol. The van der Waals surface area contributed by atoms with E-state index in [-0.39, 0.29) is 44.6 Å². The van der Waals surface area contributed by atoms with Crippen molar-refractivity contribution in [2.24, 2.45) is 28.7 Å². The van der Waals surface area contributed by atoms with Crippen molar-refractivity contribution < 1.29 is 53.0 Å². The highest BCUT2D eigenvalue weighted by atomic mass is 16.7. The number of rotatable bonds is 10. The van der Waals surface area contributed by atoms with E-state index in [9.17, 15) is 24.6 Å². The zero-order chi connectivity index (χ0) is 46.9. The van der Waals surface area contributed by atoms with Crippen LogP contribution in [0.4, 0.5) is 0 Å². The summed E-state index contributed by atoms with van der Waals surface area (Å²) in [6.45, 7) is 16.1. The van der Waals surface area contributed by atoms with Crippen LogP contribution in [0.25, 0.3) is 0 Å². The molecule has 2 bridgehead atoms. The van der Waals surface area contributed by atoms with Crippen molar-refractivity contribution in [3.8, 4) is 0 Å². The number of carbonyl (C=O) groups excluding carboxylic acids is 3. The molecule has 13 nitrogen and oxygen atoms in total. The molecule has 0 aromatic heterocycles. The number of amides is 1. The number of benzene rings is 2. The highest BCUT2D eigenvalue weighted by Crippen LogP contribution is 2.42. The standard InChI is InChI=1S/C51H74N2O11/c1-12-41-51(9,58)47-33(4)43(52-36(7)54)31(2)28-50(8,60-30-39(29-59-47)25-19-24-37-20-15-13-16-21-37)46(64-49-44(56)40(53(10)11)26-32(3)61-49)34(5)45(35(6)48(57)62-41)63-42(55)27-38-22-17-14-18-23-38/h13-18,20-23,25,31-35,40-41,44-47,49,56,58H,12,19,24,26-30H2,1-11H3/b39-25-,52-43?/t31-,32-,33+,34+,35-,40+,41-,44-,45+,46-,47-,49+,50-,51-/m1/s1. The topological polar surface area (TPSA) is 163 Å². The molecule has 1 amide bonds. The Morgan fingerprint density at radius 2 is 1.59 bits per heavy atom. The molecule has 14 atom stereocenters. The molecule has 3 aliphatic heterocycles. The molecule has 13 heteroatoms. The van der Waals surface area contributed by atoms with E-state index in [1.165, 1.54) is 12.5 Å². The number of fused-ring (bicyclic) bond motifs is 5. The number of ether oxygens (including phenoxy) is 6. The summed E-state index contributed by atoms with van der Waals surface area (Å²) in [6, 6.07) is 19.1. The molecule has 64 heavy (non-hydrogen) atoms. The Balaban J connectivity index is 1.74. The molecule has 3 aliphatic rings. The number of esters is 2. The third kappa shape index (κ3) is 12.7. The average Bonchev–Trinajstić information content (AvgIpc) is 3.26. The van der Waals surface area contributed by atoms with Gasteiger partial charge in [0.1, 0.15) is 23.9 Å². The highest BCUT2D eigenvalue weighted by molar-refractivity contribution is 5.97. The number of cyclic esters (lactones) is 1. The molecular weight excluding hydrogens is 817 g/mol. The monoisotopic (exact) mass is 891 g/mol. The maximum Gasteiger partial charge on any atom is 0.312 e. The van der Waals surface area contributed by atoms with Crippen LogP contribution in [0.1, 0.15) is 99.1 Å². The lowest BCUT2D eigenvalue weighted by Crippen LogP contribution is -2.61. The lowest BCUT2D eigenvalue weighted by Gasteiger charge is -2.49. The van der Waals surface area contributed by atoms with Crippen molar-refractivity contribution in [3.63, 3.8) is 0 Å². The molecule has 3 saturated heterocycles. The van der Waals surface area contributed by atoms with Crippen LogP contribution in [0.2, 0.25) is 0 Å². The van der Waals surface area contributed by atoms with Gasteiger partial charge in [-0.25, -0.2) is 4.99 Å². The first-order chi connectivity index (χ1) is 30.2. The number of nitrogens with zero attached hydrogens (tertiary/aromatic N) is 2. The Bertz CT molecular complexity index is 1900. The number of likely N-dealkylation sites (N-methyl/N-ethyl adjacent to an activating group) is 1. The maximum atomic E-state index is 14.6. The molecule has 2 aromatic carbocycles. The summed E-state index contributed by atoms with van der Waals surface area (Å²) < 4.78 is 40.2. The number of aliphatic imine (C=N–C) groups is 1. The fraction of sp³-hybridized carbons (Fsp3) is 0.647. The van der Waals surface area contributed by atoms with Gasteiger partial charge in [0.25, 0.3) is 0 Å². The largest absolute Gasteiger partial charge is 0.461 e. The summed E-state index contributed by atoms with van der Waals surface area (Å²) in [6.07, 6.45) is -2.29. The molecule has 0 spiro atoms. The summed E-state index contributed by atoms with van der Waals surface area (Å²) in [5.74, 6) is -4.67. The Hall–Kier alpha value is -3.82. The first-order valence-corrected chi connectivity index (χ1v) is 23.1. The normalized spacial score (nSPS) is 37.0. The number of aliphatic hydroxyl groups is 2. The zero-order valence-corrected chi connectivity index (χ0v) is 39.9. The minimum atomic E-state index is -1.79. The van der Waals surface area contributed by atoms with Crippen molar-refractivity contribution in [1.82, 2.24) is 4.90 Å². The van der Waals surface area contributed by atoms with Gasteiger partial charge in [-0.3, -0.25) is 14.4 Å². The van der Waals surface area contributed by atoms with Crippen molar-refractivity contribution in [2.75, 3.05) is 27.3 Å². The van der Waals surface area contributed by atoms with Crippen LogP contribution in [0.15, 0.2) is 77.3 Å². The van der Waals surface area contributed by atoms with Crippen LogP contribution in [-0.2, 0) is 55.6 Å². The minimum absolute atomic E-state index is 0.0474. The minimum Gasteiger partial charge on any atom is -0.461 e. The second kappa shape index (κ2) is 22.6. The Morgan fingerprint density at radius 1 is 0.953 bits per heavy atom. The van der Waals surface area contributed by atoms with Crippen LogP contribution in [0.5, 0.6) is 0 Å². The van der Waals surface area contributed by atoms with Gasteiger partial charge in [-0.1, -0.05) is 94.4 Å². The quantitative estimate of drug-likeness (QED) is 0.192. The van der Waals surface area contributed by atoms with E-state index in [1.807, 2.05) is 109 Å². The van der Waals surface area contributed by atoms with E-state index < -0.39 is 89.5 Å². The molecule has 3 fully saturated rings. The SMILES string of the molecule is CC[C@H]1OC(=O)[C@H](C)[C@@H](OC(=O)Cc2ccccc2)[C@H](C)[C@@H](O[C@@H]2O[C@H](C)C[C@H](N(C)C)[C@H]2O)[C@@]2(C)C[C@@H](C)C(=NC(C)=O)[C@H](C)[C@@H](OC/C(=C/CCc3ccccc3)CO2)[C@]1(C)O. The molecule has 5 rings (SSSR count). The molecule has 0 radical (unpaired) electrons. The summed E-state index contributed by atoms with van der Waals surface area (Å²) in [7, 11) is 3.80. The predicted octanol–water partition coefficient (Wildman–Crippen LogP) is 6.69. The molecule has 0 unspecified atom stereocenters. The molecule has 0 saturated carbocycles. The summed E-state index contributed by atoms with van der Waals surface area (Å²) in [4.78, 5) is 48.2. The predicted molar refractivity (Wildman–Crippen MR) is 244 cm³/mol. The van der Waals surface area contributed by atoms with E-state index in [0.29, 0.717) is 18.6 Å². The summed E-state index contributed by atoms with van der Waals surface area (Å²) >= 11 is 0. The van der Waals surface area contributed by atoms with Gasteiger partial charge in [0.2, 0.25) is 5.91 Å². The summed E-state index contributed by atoms with van der Waals surface area (Å²) in [5.41, 5.74) is 0.0979. The number of carbonyl (C=O) groups is 3. The van der Waals surface area contributed by atoms with Crippen LogP contribution in [-0.4, -0.2) is 126 Å². The molecular formula is C51H74N2O11. The second-order valence-electron chi connectivity index (χ2n) is 19.1. The molecule has 0 aliphatic carbocycles. The van der Waals surface area contributed by atoms with Crippen molar-refractivity contribution in [2.45, 2.75) is 161 Å². The highest BCUT2D eigenvalue weighted by Gasteiger charge is 2.54. The number of allylic oxidation sites excluding steroid dienone is 1. The van der Waals surface area contributed by atoms with Gasteiger partial charge in [-0.15, -0.1) is 0 Å². The van der Waals surface area contributed by atoms with Gasteiger partial charge in [-0.05, 0) is 96.5 Å². The van der Waals surface area contributed by atoms with Gasteiger partial charge in [0, 0.05) is 30.5 Å². The lowest BCUT2D eigenvalue weighted by molar-refractivity contribution is -0.303. The first kappa shape index (κ1) is 51.2. The van der Waals surface area contributed by atoms with E-state index in [4.69, 9.17) is 28.4 Å². The third-order valence-electron chi connectivity index (χ3n) is 13.5. The Labute approximate surface area is 380 Å². The van der Waals surface area contributed by atoms with Crippen LogP contribution in [0.3, 0.4) is 0 Å². The number of hydrogen-bond donors (Lipinski definition) is 2. The van der Waals surface area contributed by atoms with Crippen LogP contribution < -0.4 is 0 Å². The number of hydrogen-bond acceptors (Lipinski definition) is 12. The Kier molecular flexibility index (Phi) is 18.1. The van der Waals surface area contributed by atoms with Crippen LogP contribution in [0, 0.1) is 23.7 Å². The van der Waals surface area contributed by atoms with Crippen LogP contribution >= 0.6 is 0 Å². The van der Waals surface area contributed by atoms with E-state index in [1.54, 1.807) is 13.8 Å². The zero-order valence-electron chi connectivity index (χ0n) is 39.9. The fourth-order valence-corrected chi connectivity index (χ4v) is 10.1. The van der Waals surface area contributed by atoms with Gasteiger partial charge in [-0.2, -0.15) is 0 Å². The smallest absolute Gasteiger partial charge is 0.312 e. The van der Waals surface area contributed by atoms with Gasteiger partial charge < -0.3 is 43.5 Å². The van der Waals surface area contributed by atoms with Gasteiger partial charge in [0.15, 0.2) is 6.29 Å². The molecule has 3 heterocycles. The van der Waals surface area contributed by atoms with E-state index >= 15 is 0 Å². The molecule has 354 valence electrons. The van der Waals surface area contributed by atoms with E-state index in [0.717, 1.165) is 17.6 Å². The fourth-order valence-electron chi connectivity index (χ4n) is 10.1. The number of aryl methyl sites for hydroxylation is 1. The van der Waals surface area contributed by atoms with Crippen molar-refractivity contribution in [3.05, 3.63) is 83.4 Å². The van der Waals surface area contributed by atoms with Gasteiger partial charge in [0.05, 0.1) is 49.5 Å². The Morgan fingerprint density at radius 3 is 2.20 bits per heavy atom. The van der Waals surface area contributed by atoms with Crippen molar-refractivity contribution >= 4 is 23.6 Å². The second-order valence-corrected chi connectivity index (χ2v) is 19.1.